The van der Waals surface area contributed by atoms with E-state index in [1.54, 1.807) is 0 Å². The molecule has 2 heterocycles. The number of ether oxygens (including phenoxy) is 1. The smallest absolute Gasteiger partial charge is 0.227 e. The van der Waals surface area contributed by atoms with Crippen LogP contribution in [0.15, 0.2) is 11.1 Å². The van der Waals surface area contributed by atoms with Crippen LogP contribution in [0.4, 0.5) is 0 Å². The second-order valence-corrected chi connectivity index (χ2v) is 12.4. The summed E-state index contributed by atoms with van der Waals surface area (Å²) < 4.78 is 10.9. The lowest BCUT2D eigenvalue weighted by Crippen LogP contribution is -2.21. The normalized spacial score (nSPS) is 14.6. The predicted octanol–water partition coefficient (Wildman–Crippen LogP) is 4.40. The van der Waals surface area contributed by atoms with Crippen LogP contribution in [0.1, 0.15) is 41.0 Å². The summed E-state index contributed by atoms with van der Waals surface area (Å²) in [5.41, 5.74) is 0. The number of aromatic nitrogens is 2. The van der Waals surface area contributed by atoms with Gasteiger partial charge in [0.05, 0.1) is 12.8 Å². The Morgan fingerprint density at radius 3 is 2.27 bits per heavy atom. The fourth-order valence-electron chi connectivity index (χ4n) is 1.23. The van der Waals surface area contributed by atoms with E-state index in [4.69, 9.17) is 4.74 Å². The number of rotatable bonds is 2. The molecule has 0 aliphatic carbocycles. The Morgan fingerprint density at radius 2 is 1.82 bits per heavy atom. The highest BCUT2D eigenvalue weighted by Crippen LogP contribution is 2.48. The molecule has 4 nitrogen and oxygen atoms in total. The summed E-state index contributed by atoms with van der Waals surface area (Å²) in [6.45, 7) is 12.7. The maximum atomic E-state index is 5.49. The fraction of sp³-hybridized carbons (Fsp3) is 0.812. The highest BCUT2D eigenvalue weighted by Gasteiger charge is 2.22. The first-order valence-electron chi connectivity index (χ1n) is 7.87. The summed E-state index contributed by atoms with van der Waals surface area (Å²) in [4.78, 5) is 1.07. The lowest BCUT2D eigenvalue weighted by atomic mass is 10.3. The predicted molar refractivity (Wildman–Crippen MR) is 104 cm³/mol. The van der Waals surface area contributed by atoms with Gasteiger partial charge in [-0.25, -0.2) is 14.7 Å². The zero-order valence-corrected chi connectivity index (χ0v) is 17.5. The van der Waals surface area contributed by atoms with Gasteiger partial charge in [0.1, 0.15) is 4.90 Å². The largest absolute Gasteiger partial charge is 0.477 e. The molecule has 1 aliphatic heterocycles. The van der Waals surface area contributed by atoms with Crippen molar-refractivity contribution >= 4 is 22.0 Å². The van der Waals surface area contributed by atoms with Crippen LogP contribution in [0.25, 0.3) is 0 Å². The summed E-state index contributed by atoms with van der Waals surface area (Å²) in [5.74, 6) is 0.903. The Morgan fingerprint density at radius 1 is 1.27 bits per heavy atom. The van der Waals surface area contributed by atoms with E-state index in [0.717, 1.165) is 30.3 Å². The summed E-state index contributed by atoms with van der Waals surface area (Å²) >= 11 is 1.54. The van der Waals surface area contributed by atoms with E-state index in [0.29, 0.717) is 4.75 Å². The van der Waals surface area contributed by atoms with Crippen LogP contribution in [0.2, 0.25) is 0 Å². The van der Waals surface area contributed by atoms with Crippen molar-refractivity contribution in [3.05, 3.63) is 6.20 Å². The van der Waals surface area contributed by atoms with E-state index >= 15 is 0 Å². The van der Waals surface area contributed by atoms with Crippen molar-refractivity contribution in [2.45, 2.75) is 57.2 Å². The third-order valence-corrected chi connectivity index (χ3v) is 7.94. The molecular weight excluding hydrogens is 314 g/mol. The molecule has 0 radical (unpaired) electrons. The molecule has 0 saturated carbocycles. The summed E-state index contributed by atoms with van der Waals surface area (Å²) in [7, 11) is 1.55. The second kappa shape index (κ2) is 9.73. The Hall–Kier alpha value is -0.330. The summed E-state index contributed by atoms with van der Waals surface area (Å²) in [5, 5.41) is 4.21. The number of hydrogen-bond donors (Lipinski definition) is 1. The molecule has 1 aliphatic rings. The van der Waals surface area contributed by atoms with Crippen LogP contribution in [0.3, 0.4) is 0 Å². The van der Waals surface area contributed by atoms with Crippen LogP contribution in [-0.4, -0.2) is 46.9 Å². The number of aryl methyl sites for hydroxylation is 1. The van der Waals surface area contributed by atoms with E-state index < -0.39 is 0 Å². The Bertz CT molecular complexity index is 408. The van der Waals surface area contributed by atoms with Gasteiger partial charge in [-0.15, -0.1) is 0 Å². The zero-order chi connectivity index (χ0) is 17.4. The molecule has 132 valence electrons. The minimum absolute atomic E-state index is 0.340. The summed E-state index contributed by atoms with van der Waals surface area (Å²) in [6.07, 6.45) is 9.95. The van der Waals surface area contributed by atoms with Gasteiger partial charge in [0, 0.05) is 13.0 Å². The Labute approximate surface area is 143 Å². The zero-order valence-electron chi connectivity index (χ0n) is 15.8. The fourth-order valence-corrected chi connectivity index (χ4v) is 1.80. The Balaban J connectivity index is 0.000000388. The number of fused-ring (bicyclic) bond motifs is 1. The second-order valence-electron chi connectivity index (χ2n) is 6.49. The van der Waals surface area contributed by atoms with Crippen molar-refractivity contribution in [3.63, 3.8) is 0 Å². The average molecular weight is 350 g/mol. The van der Waals surface area contributed by atoms with Gasteiger partial charge in [0.25, 0.3) is 0 Å². The molecule has 1 N–H and O–H groups in total. The van der Waals surface area contributed by atoms with Crippen molar-refractivity contribution in [2.24, 2.45) is 0 Å². The molecular formula is C16H35N3OS2. The average Bonchev–Trinajstić information content (AvgIpc) is 2.84. The highest BCUT2D eigenvalue weighted by atomic mass is 32.3. The monoisotopic (exact) mass is 349 g/mol. The van der Waals surface area contributed by atoms with Gasteiger partial charge in [-0.1, -0.05) is 34.6 Å². The molecule has 0 atom stereocenters. The van der Waals surface area contributed by atoms with E-state index in [9.17, 15) is 0 Å². The van der Waals surface area contributed by atoms with Crippen molar-refractivity contribution in [2.75, 3.05) is 32.4 Å². The lowest BCUT2D eigenvalue weighted by Gasteiger charge is -2.40. The molecule has 0 saturated heterocycles. The van der Waals surface area contributed by atoms with Gasteiger partial charge in [0.15, 0.2) is 0 Å². The van der Waals surface area contributed by atoms with Crippen LogP contribution >= 0.6 is 22.0 Å². The molecule has 0 aromatic carbocycles. The number of nitrogens with zero attached hydrogens (tertiary/aromatic N) is 2. The van der Waals surface area contributed by atoms with Gasteiger partial charge in [-0.05, 0) is 42.5 Å². The molecule has 0 fully saturated rings. The van der Waals surface area contributed by atoms with E-state index in [-0.39, 0.29) is 10.0 Å². The van der Waals surface area contributed by atoms with Crippen LogP contribution in [0.5, 0.6) is 5.88 Å². The summed E-state index contributed by atoms with van der Waals surface area (Å²) in [6, 6.07) is 0. The highest BCUT2D eigenvalue weighted by molar-refractivity contribution is 8.33. The number of hydrogen-bond acceptors (Lipinski definition) is 4. The van der Waals surface area contributed by atoms with Crippen LogP contribution in [0, 0.1) is 0 Å². The van der Waals surface area contributed by atoms with Crippen LogP contribution in [-0.2, 0) is 6.54 Å². The topological polar surface area (TPSA) is 39.1 Å². The van der Waals surface area contributed by atoms with Crippen molar-refractivity contribution < 1.29 is 4.74 Å². The SMILES string of the molecule is CC.CC(C)(C)S(C)(C)C.CNSc1cnn2c1OCCC2. The standard InChI is InChI=1S/C7H11N3OS.C7H18S.C2H6/c1-8-12-6-5-9-10-3-2-4-11-7(6)10;1-7(2,3)8(4,5)6;1-2/h5,8H,2-4H2,1H3;1-6H3;1-2H3. The van der Waals surface area contributed by atoms with Gasteiger partial charge < -0.3 is 4.74 Å². The van der Waals surface area contributed by atoms with Gasteiger partial charge >= 0.3 is 0 Å². The first-order valence-corrected chi connectivity index (χ1v) is 11.5. The quantitative estimate of drug-likeness (QED) is 0.803. The van der Waals surface area contributed by atoms with Gasteiger partial charge in [0.2, 0.25) is 5.88 Å². The van der Waals surface area contributed by atoms with E-state index in [1.807, 2.05) is 31.8 Å². The molecule has 0 spiro atoms. The molecule has 0 unspecified atom stereocenters. The number of nitrogens with one attached hydrogen (secondary N) is 1. The van der Waals surface area contributed by atoms with Crippen LogP contribution < -0.4 is 9.46 Å². The van der Waals surface area contributed by atoms with Gasteiger partial charge in [-0.3, -0.25) is 4.72 Å². The molecule has 1 aromatic rings. The molecule has 0 bridgehead atoms. The van der Waals surface area contributed by atoms with E-state index in [1.165, 1.54) is 11.9 Å². The molecule has 2 rings (SSSR count). The maximum absolute atomic E-state index is 5.49. The molecule has 1 aromatic heterocycles. The third-order valence-electron chi connectivity index (χ3n) is 3.56. The lowest BCUT2D eigenvalue weighted by molar-refractivity contribution is 0.225. The first kappa shape index (κ1) is 21.7. The first-order chi connectivity index (χ1) is 10.2. The third kappa shape index (κ3) is 6.84. The minimum Gasteiger partial charge on any atom is -0.477 e. The molecule has 6 heteroatoms. The molecule has 22 heavy (non-hydrogen) atoms. The van der Waals surface area contributed by atoms with Gasteiger partial charge in [-0.2, -0.15) is 5.10 Å². The van der Waals surface area contributed by atoms with Crippen molar-refractivity contribution in [3.8, 4) is 5.88 Å². The maximum Gasteiger partial charge on any atom is 0.227 e. The minimum atomic E-state index is -0.340. The Kier molecular flexibility index (Phi) is 9.58. The molecule has 0 amide bonds. The van der Waals surface area contributed by atoms with Crippen molar-refractivity contribution in [1.29, 1.82) is 0 Å². The van der Waals surface area contributed by atoms with E-state index in [2.05, 4.69) is 49.4 Å². The van der Waals surface area contributed by atoms with Crippen molar-refractivity contribution in [1.82, 2.24) is 14.5 Å².